The molecule has 1 N–H and O–H groups in total. The van der Waals surface area contributed by atoms with E-state index in [0.717, 1.165) is 29.7 Å². The summed E-state index contributed by atoms with van der Waals surface area (Å²) < 4.78 is 10.0. The van der Waals surface area contributed by atoms with Gasteiger partial charge in [-0.1, -0.05) is 6.07 Å². The lowest BCUT2D eigenvalue weighted by atomic mass is 9.93. The van der Waals surface area contributed by atoms with E-state index in [1.54, 1.807) is 7.11 Å². The van der Waals surface area contributed by atoms with Gasteiger partial charge in [0.05, 0.1) is 14.2 Å². The molecule has 2 atom stereocenters. The molecule has 0 fully saturated rings. The van der Waals surface area contributed by atoms with Crippen LogP contribution in [-0.2, 0) is 20.7 Å². The number of ether oxygens (including phenoxy) is 2. The van der Waals surface area contributed by atoms with Crippen LogP contribution >= 0.6 is 0 Å². The summed E-state index contributed by atoms with van der Waals surface area (Å²) in [5.74, 6) is 0.113. The fourth-order valence-corrected chi connectivity index (χ4v) is 2.77. The molecule has 0 aliphatic heterocycles. The van der Waals surface area contributed by atoms with E-state index < -0.39 is 12.0 Å². The van der Waals surface area contributed by atoms with Crippen LogP contribution in [-0.4, -0.2) is 32.1 Å². The van der Waals surface area contributed by atoms with Crippen molar-refractivity contribution in [3.8, 4) is 5.75 Å². The number of esters is 1. The van der Waals surface area contributed by atoms with Gasteiger partial charge in [-0.3, -0.25) is 4.79 Å². The average Bonchev–Trinajstić information content (AvgIpc) is 2.86. The molecule has 0 saturated heterocycles. The van der Waals surface area contributed by atoms with Crippen LogP contribution < -0.4 is 10.1 Å². The summed E-state index contributed by atoms with van der Waals surface area (Å²) in [6.45, 7) is 1.40. The Balaban J connectivity index is 2.29. The monoisotopic (exact) mass is 277 g/mol. The maximum atomic E-state index is 11.9. The number of hydrogen-bond donors (Lipinski definition) is 1. The summed E-state index contributed by atoms with van der Waals surface area (Å²) in [6.07, 6.45) is 1.67. The molecule has 1 aromatic carbocycles. The summed E-state index contributed by atoms with van der Waals surface area (Å²) in [7, 11) is 2.96. The topological polar surface area (TPSA) is 64.6 Å². The van der Waals surface area contributed by atoms with Crippen LogP contribution in [0.15, 0.2) is 18.2 Å². The SMILES string of the molecule is COC(=O)C(NC(C)=O)C1CCc2cc(OC)ccc21. The highest BCUT2D eigenvalue weighted by Crippen LogP contribution is 2.37. The molecule has 1 aliphatic rings. The van der Waals surface area contributed by atoms with E-state index in [1.165, 1.54) is 14.0 Å². The van der Waals surface area contributed by atoms with Gasteiger partial charge in [0, 0.05) is 12.8 Å². The fraction of sp³-hybridized carbons (Fsp3) is 0.467. The van der Waals surface area contributed by atoms with Crippen molar-refractivity contribution in [2.24, 2.45) is 0 Å². The first-order valence-corrected chi connectivity index (χ1v) is 6.58. The van der Waals surface area contributed by atoms with Gasteiger partial charge in [0.25, 0.3) is 0 Å². The molecule has 5 heteroatoms. The minimum atomic E-state index is -0.632. The fourth-order valence-electron chi connectivity index (χ4n) is 2.77. The van der Waals surface area contributed by atoms with Crippen molar-refractivity contribution in [3.63, 3.8) is 0 Å². The second-order valence-electron chi connectivity index (χ2n) is 4.91. The molecule has 2 rings (SSSR count). The van der Waals surface area contributed by atoms with Crippen LogP contribution in [0.25, 0.3) is 0 Å². The number of aryl methyl sites for hydroxylation is 1. The Kier molecular flexibility index (Phi) is 4.27. The number of fused-ring (bicyclic) bond motifs is 1. The number of methoxy groups -OCH3 is 2. The molecule has 0 aromatic heterocycles. The molecule has 0 spiro atoms. The molecule has 108 valence electrons. The number of benzene rings is 1. The van der Waals surface area contributed by atoms with Crippen LogP contribution in [0, 0.1) is 0 Å². The van der Waals surface area contributed by atoms with E-state index in [9.17, 15) is 9.59 Å². The summed E-state index contributed by atoms with van der Waals surface area (Å²) in [5, 5.41) is 2.70. The van der Waals surface area contributed by atoms with Crippen LogP contribution in [0.3, 0.4) is 0 Å². The number of carbonyl (C=O) groups is 2. The Morgan fingerprint density at radius 1 is 1.35 bits per heavy atom. The van der Waals surface area contributed by atoms with Crippen molar-refractivity contribution in [1.29, 1.82) is 0 Å². The highest BCUT2D eigenvalue weighted by atomic mass is 16.5. The molecule has 1 amide bonds. The van der Waals surface area contributed by atoms with E-state index in [2.05, 4.69) is 5.32 Å². The van der Waals surface area contributed by atoms with Gasteiger partial charge in [-0.2, -0.15) is 0 Å². The predicted octanol–water partition coefficient (Wildman–Crippen LogP) is 1.40. The molecule has 2 unspecified atom stereocenters. The molecular formula is C15H19NO4. The lowest BCUT2D eigenvalue weighted by Gasteiger charge is -2.22. The normalized spacial score (nSPS) is 18.1. The molecule has 0 radical (unpaired) electrons. The van der Waals surface area contributed by atoms with Crippen molar-refractivity contribution < 1.29 is 19.1 Å². The third kappa shape index (κ3) is 2.76. The largest absolute Gasteiger partial charge is 0.497 e. The molecule has 1 aliphatic carbocycles. The van der Waals surface area contributed by atoms with Crippen molar-refractivity contribution in [3.05, 3.63) is 29.3 Å². The quantitative estimate of drug-likeness (QED) is 0.845. The lowest BCUT2D eigenvalue weighted by Crippen LogP contribution is -2.44. The van der Waals surface area contributed by atoms with Crippen molar-refractivity contribution >= 4 is 11.9 Å². The Morgan fingerprint density at radius 3 is 2.70 bits per heavy atom. The molecule has 0 heterocycles. The number of carbonyl (C=O) groups excluding carboxylic acids is 2. The van der Waals surface area contributed by atoms with E-state index in [-0.39, 0.29) is 11.8 Å². The second-order valence-corrected chi connectivity index (χ2v) is 4.91. The average molecular weight is 277 g/mol. The third-order valence-electron chi connectivity index (χ3n) is 3.69. The van der Waals surface area contributed by atoms with Crippen LogP contribution in [0.4, 0.5) is 0 Å². The Hall–Kier alpha value is -2.04. The molecule has 0 bridgehead atoms. The van der Waals surface area contributed by atoms with Crippen molar-refractivity contribution in [2.75, 3.05) is 14.2 Å². The van der Waals surface area contributed by atoms with Gasteiger partial charge in [0.1, 0.15) is 11.8 Å². The molecule has 20 heavy (non-hydrogen) atoms. The van der Waals surface area contributed by atoms with Crippen molar-refractivity contribution in [1.82, 2.24) is 5.32 Å². The summed E-state index contributed by atoms with van der Waals surface area (Å²) in [4.78, 5) is 23.2. The highest BCUT2D eigenvalue weighted by Gasteiger charge is 2.35. The second kappa shape index (κ2) is 5.94. The zero-order valence-electron chi connectivity index (χ0n) is 11.9. The lowest BCUT2D eigenvalue weighted by molar-refractivity contribution is -0.145. The number of rotatable bonds is 4. The van der Waals surface area contributed by atoms with Crippen molar-refractivity contribution in [2.45, 2.75) is 31.7 Å². The summed E-state index contributed by atoms with van der Waals surface area (Å²) >= 11 is 0. The Bertz CT molecular complexity index is 527. The van der Waals surface area contributed by atoms with E-state index in [0.29, 0.717) is 0 Å². The molecule has 1 aromatic rings. The zero-order valence-corrected chi connectivity index (χ0v) is 11.9. The smallest absolute Gasteiger partial charge is 0.329 e. The first-order chi connectivity index (χ1) is 9.56. The predicted molar refractivity (Wildman–Crippen MR) is 73.7 cm³/mol. The molecule has 5 nitrogen and oxygen atoms in total. The van der Waals surface area contributed by atoms with Gasteiger partial charge in [0.15, 0.2) is 0 Å². The number of nitrogens with one attached hydrogen (secondary N) is 1. The number of hydrogen-bond acceptors (Lipinski definition) is 4. The van der Waals surface area contributed by atoms with Gasteiger partial charge >= 0.3 is 5.97 Å². The van der Waals surface area contributed by atoms with Crippen LogP contribution in [0.2, 0.25) is 0 Å². The van der Waals surface area contributed by atoms with Gasteiger partial charge in [0.2, 0.25) is 5.91 Å². The number of amides is 1. The minimum Gasteiger partial charge on any atom is -0.497 e. The van der Waals surface area contributed by atoms with Gasteiger partial charge < -0.3 is 14.8 Å². The Labute approximate surface area is 118 Å². The summed E-state index contributed by atoms with van der Waals surface area (Å²) in [6, 6.07) is 5.19. The van der Waals surface area contributed by atoms with E-state index >= 15 is 0 Å². The van der Waals surface area contributed by atoms with Gasteiger partial charge in [-0.15, -0.1) is 0 Å². The maximum absolute atomic E-state index is 11.9. The minimum absolute atomic E-state index is 0.0488. The van der Waals surface area contributed by atoms with Gasteiger partial charge in [-0.05, 0) is 36.1 Å². The first-order valence-electron chi connectivity index (χ1n) is 6.58. The highest BCUT2D eigenvalue weighted by molar-refractivity contribution is 5.84. The maximum Gasteiger partial charge on any atom is 0.329 e. The molecule has 0 saturated carbocycles. The van der Waals surface area contributed by atoms with Crippen LogP contribution in [0.1, 0.15) is 30.4 Å². The third-order valence-corrected chi connectivity index (χ3v) is 3.69. The van der Waals surface area contributed by atoms with Crippen LogP contribution in [0.5, 0.6) is 5.75 Å². The summed E-state index contributed by atoms with van der Waals surface area (Å²) in [5.41, 5.74) is 2.24. The Morgan fingerprint density at radius 2 is 2.10 bits per heavy atom. The van der Waals surface area contributed by atoms with E-state index in [4.69, 9.17) is 9.47 Å². The first kappa shape index (κ1) is 14.4. The van der Waals surface area contributed by atoms with E-state index in [1.807, 2.05) is 18.2 Å². The molecular weight excluding hydrogens is 258 g/mol. The van der Waals surface area contributed by atoms with Gasteiger partial charge in [-0.25, -0.2) is 4.79 Å². The zero-order chi connectivity index (χ0) is 14.7. The standard InChI is InChI=1S/C15H19NO4/c1-9(17)16-14(15(18)20-3)13-6-4-10-8-11(19-2)5-7-12(10)13/h5,7-8,13-14H,4,6H2,1-3H3,(H,16,17).